The van der Waals surface area contributed by atoms with E-state index in [1.807, 2.05) is 61.7 Å². The largest absolute Gasteiger partial charge is 0.492 e. The molecule has 5 rings (SSSR count). The lowest BCUT2D eigenvalue weighted by Crippen LogP contribution is -1.99. The Kier molecular flexibility index (Phi) is 6.45. The van der Waals surface area contributed by atoms with Gasteiger partial charge in [0.2, 0.25) is 0 Å². The standard InChI is InChI=1S/C29H29N3O2/c1-2-33-27-16-14-24(22-12-8-18-31-29(22)27)28-23(11-6-7-17-30)25-19-21(13-15-26(25)32-28)34-20-9-4-3-5-10-20/h3-5,8-10,12-16,18-19,32H,2,6-7,11,17,30H2,1H3. The summed E-state index contributed by atoms with van der Waals surface area (Å²) >= 11 is 0. The molecule has 172 valence electrons. The lowest BCUT2D eigenvalue weighted by Gasteiger charge is -2.12. The van der Waals surface area contributed by atoms with E-state index < -0.39 is 0 Å². The highest BCUT2D eigenvalue weighted by atomic mass is 16.5. The van der Waals surface area contributed by atoms with E-state index in [9.17, 15) is 0 Å². The van der Waals surface area contributed by atoms with Gasteiger partial charge in [0, 0.05) is 28.0 Å². The van der Waals surface area contributed by atoms with Crippen LogP contribution in [0.5, 0.6) is 17.2 Å². The van der Waals surface area contributed by atoms with Crippen LogP contribution in [-0.4, -0.2) is 23.1 Å². The molecule has 5 aromatic rings. The maximum absolute atomic E-state index is 6.13. The summed E-state index contributed by atoms with van der Waals surface area (Å²) in [5, 5.41) is 2.24. The molecule has 5 heteroatoms. The van der Waals surface area contributed by atoms with Crippen LogP contribution in [0.15, 0.2) is 79.0 Å². The minimum absolute atomic E-state index is 0.603. The van der Waals surface area contributed by atoms with Crippen molar-refractivity contribution in [2.45, 2.75) is 26.2 Å². The van der Waals surface area contributed by atoms with Gasteiger partial charge < -0.3 is 20.2 Å². The molecule has 2 heterocycles. The molecule has 0 amide bonds. The monoisotopic (exact) mass is 451 g/mol. The third-order valence-electron chi connectivity index (χ3n) is 6.04. The van der Waals surface area contributed by atoms with E-state index in [0.717, 1.165) is 64.2 Å². The fourth-order valence-electron chi connectivity index (χ4n) is 4.49. The van der Waals surface area contributed by atoms with E-state index in [2.05, 4.69) is 34.2 Å². The van der Waals surface area contributed by atoms with Crippen LogP contribution in [-0.2, 0) is 6.42 Å². The van der Waals surface area contributed by atoms with Crippen LogP contribution < -0.4 is 15.2 Å². The van der Waals surface area contributed by atoms with E-state index in [1.54, 1.807) is 0 Å². The number of aryl methyl sites for hydroxylation is 1. The van der Waals surface area contributed by atoms with Gasteiger partial charge in [0.05, 0.1) is 12.3 Å². The Hall–Kier alpha value is -3.83. The summed E-state index contributed by atoms with van der Waals surface area (Å²) < 4.78 is 12.0. The first-order valence-corrected chi connectivity index (χ1v) is 11.9. The number of aromatic amines is 1. The number of nitrogens with two attached hydrogens (primary N) is 1. The molecule has 3 aromatic carbocycles. The lowest BCUT2D eigenvalue weighted by atomic mass is 9.97. The smallest absolute Gasteiger partial charge is 0.145 e. The molecular weight excluding hydrogens is 422 g/mol. The van der Waals surface area contributed by atoms with Gasteiger partial charge in [-0.1, -0.05) is 24.3 Å². The maximum Gasteiger partial charge on any atom is 0.145 e. The van der Waals surface area contributed by atoms with Crippen molar-refractivity contribution in [2.24, 2.45) is 5.73 Å². The van der Waals surface area contributed by atoms with Crippen molar-refractivity contribution in [3.63, 3.8) is 0 Å². The average Bonchev–Trinajstić information content (AvgIpc) is 3.23. The SMILES string of the molecule is CCOc1ccc(-c2[nH]c3ccc(Oc4ccccc4)cc3c2CCCCN)c2cccnc12. The molecule has 0 atom stereocenters. The van der Waals surface area contributed by atoms with Crippen LogP contribution >= 0.6 is 0 Å². The van der Waals surface area contributed by atoms with Crippen molar-refractivity contribution in [3.8, 4) is 28.5 Å². The summed E-state index contributed by atoms with van der Waals surface area (Å²) in [7, 11) is 0. The molecule has 0 aliphatic heterocycles. The molecule has 0 saturated heterocycles. The molecule has 3 N–H and O–H groups in total. The van der Waals surface area contributed by atoms with E-state index in [-0.39, 0.29) is 0 Å². The van der Waals surface area contributed by atoms with E-state index in [4.69, 9.17) is 15.2 Å². The Morgan fingerprint density at radius 2 is 1.76 bits per heavy atom. The zero-order valence-corrected chi connectivity index (χ0v) is 19.4. The van der Waals surface area contributed by atoms with Crippen molar-refractivity contribution >= 4 is 21.8 Å². The van der Waals surface area contributed by atoms with Gasteiger partial charge in [0.1, 0.15) is 22.8 Å². The normalized spacial score (nSPS) is 11.2. The third-order valence-corrected chi connectivity index (χ3v) is 6.04. The highest BCUT2D eigenvalue weighted by molar-refractivity contribution is 6.01. The zero-order valence-electron chi connectivity index (χ0n) is 19.4. The van der Waals surface area contributed by atoms with Crippen LogP contribution in [0.4, 0.5) is 0 Å². The van der Waals surface area contributed by atoms with Crippen LogP contribution in [0.25, 0.3) is 33.1 Å². The van der Waals surface area contributed by atoms with Crippen LogP contribution in [0.1, 0.15) is 25.3 Å². The molecule has 0 saturated carbocycles. The van der Waals surface area contributed by atoms with Crippen molar-refractivity contribution < 1.29 is 9.47 Å². The van der Waals surface area contributed by atoms with Gasteiger partial charge >= 0.3 is 0 Å². The second-order valence-electron chi connectivity index (χ2n) is 8.29. The van der Waals surface area contributed by atoms with Crippen molar-refractivity contribution in [3.05, 3.63) is 84.6 Å². The molecule has 34 heavy (non-hydrogen) atoms. The quantitative estimate of drug-likeness (QED) is 0.240. The topological polar surface area (TPSA) is 73.2 Å². The number of hydrogen-bond donors (Lipinski definition) is 2. The molecular formula is C29H29N3O2. The van der Waals surface area contributed by atoms with Crippen molar-refractivity contribution in [1.82, 2.24) is 9.97 Å². The zero-order chi connectivity index (χ0) is 23.3. The number of rotatable bonds is 9. The minimum Gasteiger partial charge on any atom is -0.492 e. The predicted octanol–water partition coefficient (Wildman–Crippen LogP) is 6.86. The predicted molar refractivity (Wildman–Crippen MR) is 139 cm³/mol. The summed E-state index contributed by atoms with van der Waals surface area (Å²) in [5.41, 5.74) is 11.3. The molecule has 0 bridgehead atoms. The van der Waals surface area contributed by atoms with Crippen LogP contribution in [0.3, 0.4) is 0 Å². The fraction of sp³-hybridized carbons (Fsp3) is 0.207. The van der Waals surface area contributed by atoms with Gasteiger partial charge in [-0.25, -0.2) is 0 Å². The van der Waals surface area contributed by atoms with Crippen LogP contribution in [0.2, 0.25) is 0 Å². The summed E-state index contributed by atoms with van der Waals surface area (Å²) in [6.07, 6.45) is 4.75. The number of fused-ring (bicyclic) bond motifs is 2. The fourth-order valence-corrected chi connectivity index (χ4v) is 4.49. The number of unbranched alkanes of at least 4 members (excludes halogenated alkanes) is 1. The molecule has 0 unspecified atom stereocenters. The number of ether oxygens (including phenoxy) is 2. The van der Waals surface area contributed by atoms with E-state index >= 15 is 0 Å². The summed E-state index contributed by atoms with van der Waals surface area (Å²) in [6, 6.07) is 24.4. The number of aromatic nitrogens is 2. The number of benzene rings is 3. The first-order chi connectivity index (χ1) is 16.8. The van der Waals surface area contributed by atoms with Gasteiger partial charge in [-0.05, 0) is 86.8 Å². The van der Waals surface area contributed by atoms with Gasteiger partial charge in [0.25, 0.3) is 0 Å². The first-order valence-electron chi connectivity index (χ1n) is 11.9. The van der Waals surface area contributed by atoms with Crippen LogP contribution in [0, 0.1) is 0 Å². The Bertz CT molecular complexity index is 1410. The molecule has 5 nitrogen and oxygen atoms in total. The van der Waals surface area contributed by atoms with Gasteiger partial charge in [-0.2, -0.15) is 0 Å². The van der Waals surface area contributed by atoms with Gasteiger partial charge in [0.15, 0.2) is 0 Å². The molecule has 2 aromatic heterocycles. The number of nitrogens with one attached hydrogen (secondary N) is 1. The molecule has 0 aliphatic rings. The Morgan fingerprint density at radius 1 is 0.882 bits per heavy atom. The average molecular weight is 452 g/mol. The van der Waals surface area contributed by atoms with Gasteiger partial charge in [-0.3, -0.25) is 4.98 Å². The van der Waals surface area contributed by atoms with Crippen molar-refractivity contribution in [1.29, 1.82) is 0 Å². The minimum atomic E-state index is 0.603. The highest BCUT2D eigenvalue weighted by Crippen LogP contribution is 2.39. The number of hydrogen-bond acceptors (Lipinski definition) is 4. The number of para-hydroxylation sites is 1. The first kappa shape index (κ1) is 22.0. The number of nitrogens with zero attached hydrogens (tertiary/aromatic N) is 1. The van der Waals surface area contributed by atoms with Gasteiger partial charge in [-0.15, -0.1) is 0 Å². The Balaban J connectivity index is 1.64. The Morgan fingerprint density at radius 3 is 2.59 bits per heavy atom. The second-order valence-corrected chi connectivity index (χ2v) is 8.29. The number of pyridine rings is 1. The Labute approximate surface area is 199 Å². The number of H-pyrrole nitrogens is 1. The molecule has 0 spiro atoms. The summed E-state index contributed by atoms with van der Waals surface area (Å²) in [4.78, 5) is 8.32. The molecule has 0 radical (unpaired) electrons. The second kappa shape index (κ2) is 9.98. The molecule has 0 fully saturated rings. The third kappa shape index (κ3) is 4.35. The summed E-state index contributed by atoms with van der Waals surface area (Å²) in [6.45, 7) is 3.28. The van der Waals surface area contributed by atoms with E-state index in [1.165, 1.54) is 10.9 Å². The summed E-state index contributed by atoms with van der Waals surface area (Å²) in [5.74, 6) is 2.45. The maximum atomic E-state index is 6.13. The van der Waals surface area contributed by atoms with Crippen molar-refractivity contribution in [2.75, 3.05) is 13.2 Å². The lowest BCUT2D eigenvalue weighted by molar-refractivity contribution is 0.343. The highest BCUT2D eigenvalue weighted by Gasteiger charge is 2.18. The van der Waals surface area contributed by atoms with E-state index in [0.29, 0.717) is 13.2 Å². The molecule has 0 aliphatic carbocycles.